The van der Waals surface area contributed by atoms with E-state index in [9.17, 15) is 9.59 Å². The molecule has 0 radical (unpaired) electrons. The summed E-state index contributed by atoms with van der Waals surface area (Å²) in [5, 5.41) is 4.36. The van der Waals surface area contributed by atoms with Crippen LogP contribution in [0.15, 0.2) is 58.4 Å². The molecule has 0 bridgehead atoms. The average molecular weight is 699 g/mol. The van der Waals surface area contributed by atoms with Crippen LogP contribution < -0.4 is 32.9 Å². The first-order valence-corrected chi connectivity index (χ1v) is 18.0. The molecule has 2 aromatic heterocycles. The number of nitrogens with one attached hydrogen (secondary N) is 2. The molecular weight excluding hydrogens is 640 g/mol. The number of rotatable bonds is 11. The number of aryl methyl sites for hydroxylation is 1. The summed E-state index contributed by atoms with van der Waals surface area (Å²) in [5.74, 6) is 1.13. The van der Waals surface area contributed by atoms with Crippen molar-refractivity contribution in [3.8, 4) is 11.4 Å². The van der Waals surface area contributed by atoms with Gasteiger partial charge in [-0.25, -0.2) is 4.79 Å². The number of aliphatic imine (C=N–C) groups is 1. The lowest BCUT2D eigenvalue weighted by molar-refractivity contribution is 0.0931. The highest BCUT2D eigenvalue weighted by atomic mass is 16.5. The fourth-order valence-corrected chi connectivity index (χ4v) is 5.99. The van der Waals surface area contributed by atoms with Gasteiger partial charge < -0.3 is 32.2 Å². The van der Waals surface area contributed by atoms with Gasteiger partial charge in [0.2, 0.25) is 0 Å². The van der Waals surface area contributed by atoms with Gasteiger partial charge >= 0.3 is 5.69 Å². The first kappa shape index (κ1) is 39.3. The molecule has 4 aromatic rings. The lowest BCUT2D eigenvalue weighted by Crippen LogP contribution is -2.24. The molecule has 276 valence electrons. The van der Waals surface area contributed by atoms with Crippen LogP contribution in [0, 0.1) is 0 Å². The summed E-state index contributed by atoms with van der Waals surface area (Å²) < 4.78 is 7.39. The number of aromatic nitrogens is 3. The molecule has 0 fully saturated rings. The van der Waals surface area contributed by atoms with Crippen LogP contribution >= 0.6 is 0 Å². The third-order valence-corrected chi connectivity index (χ3v) is 9.02. The maximum atomic E-state index is 12.6. The zero-order valence-corrected chi connectivity index (χ0v) is 31.7. The van der Waals surface area contributed by atoms with E-state index in [-0.39, 0.29) is 40.3 Å². The maximum absolute atomic E-state index is 12.6. The Morgan fingerprint density at radius 2 is 1.73 bits per heavy atom. The van der Waals surface area contributed by atoms with Crippen molar-refractivity contribution in [2.24, 2.45) is 22.2 Å². The number of ketones is 1. The minimum atomic E-state index is -0.302. The van der Waals surface area contributed by atoms with Gasteiger partial charge in [0.1, 0.15) is 11.4 Å². The summed E-state index contributed by atoms with van der Waals surface area (Å²) in [4.78, 5) is 36.2. The summed E-state index contributed by atoms with van der Waals surface area (Å²) in [7, 11) is 0. The van der Waals surface area contributed by atoms with E-state index in [4.69, 9.17) is 21.9 Å². The number of benzene rings is 2. The first-order valence-electron chi connectivity index (χ1n) is 18.0. The number of nitrogens with zero attached hydrogens (tertiary/aromatic N) is 3. The summed E-state index contributed by atoms with van der Waals surface area (Å²) in [6, 6.07) is 14.6. The zero-order chi connectivity index (χ0) is 37.5. The largest absolute Gasteiger partial charge is 0.492 e. The van der Waals surface area contributed by atoms with Crippen LogP contribution in [0.2, 0.25) is 0 Å². The van der Waals surface area contributed by atoms with Crippen molar-refractivity contribution < 1.29 is 9.53 Å². The van der Waals surface area contributed by atoms with Gasteiger partial charge in [-0.1, -0.05) is 59.7 Å². The lowest BCUT2D eigenvalue weighted by atomic mass is 9.82. The van der Waals surface area contributed by atoms with Crippen molar-refractivity contribution in [2.75, 3.05) is 19.7 Å². The summed E-state index contributed by atoms with van der Waals surface area (Å²) in [5.41, 5.74) is 22.8. The molecule has 5 rings (SSSR count). The van der Waals surface area contributed by atoms with Gasteiger partial charge in [-0.05, 0) is 86.9 Å². The maximum Gasteiger partial charge on any atom is 0.354 e. The van der Waals surface area contributed by atoms with E-state index < -0.39 is 0 Å². The smallest absolute Gasteiger partial charge is 0.354 e. The molecule has 0 unspecified atom stereocenters. The van der Waals surface area contributed by atoms with Crippen molar-refractivity contribution in [3.05, 3.63) is 87.1 Å². The molecule has 8 N–H and O–H groups in total. The average Bonchev–Trinajstić information content (AvgIpc) is 3.48. The molecule has 1 aliphatic rings. The summed E-state index contributed by atoms with van der Waals surface area (Å²) in [6.07, 6.45) is 6.21. The minimum absolute atomic E-state index is 0.0289. The highest BCUT2D eigenvalue weighted by molar-refractivity contribution is 6.00. The monoisotopic (exact) mass is 698 g/mol. The number of carbonyl (C=O) groups excluding carboxylic acids is 1. The summed E-state index contributed by atoms with van der Waals surface area (Å²) >= 11 is 0. The highest BCUT2D eigenvalue weighted by Gasteiger charge is 2.28. The van der Waals surface area contributed by atoms with Crippen molar-refractivity contribution in [3.63, 3.8) is 0 Å². The van der Waals surface area contributed by atoms with Crippen LogP contribution in [0.5, 0.6) is 5.75 Å². The van der Waals surface area contributed by atoms with E-state index in [2.05, 4.69) is 80.9 Å². The molecule has 0 saturated heterocycles. The van der Waals surface area contributed by atoms with Crippen molar-refractivity contribution in [1.29, 1.82) is 0 Å². The Morgan fingerprint density at radius 1 is 1.02 bits per heavy atom. The van der Waals surface area contributed by atoms with Crippen LogP contribution in [-0.2, 0) is 17.3 Å². The first-order chi connectivity index (χ1) is 23.9. The van der Waals surface area contributed by atoms with Gasteiger partial charge in [0.25, 0.3) is 0 Å². The Morgan fingerprint density at radius 3 is 2.35 bits per heavy atom. The molecule has 11 nitrogen and oxygen atoms in total. The third-order valence-electron chi connectivity index (χ3n) is 9.02. The SMILES string of the molecule is C[C@H](N)CCCc1cc2c(c(C(C)(C)C)c1)OCCC2=O.C[C@H](NCCCN=C(N)N)c1ccc(-n2cc3cc(C(C)(C)C)[nH]c3nc2=O)cc1. The Hall–Kier alpha value is -4.48. The molecule has 51 heavy (non-hydrogen) atoms. The predicted molar refractivity (Wildman–Crippen MR) is 208 cm³/mol. The molecule has 2 atom stereocenters. The molecule has 3 heterocycles. The Kier molecular flexibility index (Phi) is 12.9. The fourth-order valence-electron chi connectivity index (χ4n) is 5.99. The normalized spacial score (nSPS) is 14.3. The number of Topliss-reactive ketones (excluding diaryl/α,β-unsaturated/α-hetero) is 1. The van der Waals surface area contributed by atoms with Gasteiger partial charge in [-0.3, -0.25) is 14.4 Å². The van der Waals surface area contributed by atoms with Crippen molar-refractivity contribution in [2.45, 2.75) is 110 Å². The van der Waals surface area contributed by atoms with E-state index >= 15 is 0 Å². The van der Waals surface area contributed by atoms with Crippen LogP contribution in [0.3, 0.4) is 0 Å². The van der Waals surface area contributed by atoms with Crippen LogP contribution in [-0.4, -0.2) is 52.0 Å². The number of carbonyl (C=O) groups is 1. The molecule has 1 aliphatic heterocycles. The number of nitrogens with two attached hydrogens (primary N) is 3. The Balaban J connectivity index is 0.000000244. The topological polar surface area (TPSA) is 179 Å². The molecule has 11 heteroatoms. The van der Waals surface area contributed by atoms with Crippen LogP contribution in [0.1, 0.15) is 120 Å². The third kappa shape index (κ3) is 10.8. The Labute approximate surface area is 302 Å². The van der Waals surface area contributed by atoms with E-state index in [1.807, 2.05) is 43.5 Å². The second kappa shape index (κ2) is 16.7. The van der Waals surface area contributed by atoms with Crippen LogP contribution in [0.4, 0.5) is 0 Å². The number of guanidine groups is 1. The van der Waals surface area contributed by atoms with Gasteiger partial charge in [0.15, 0.2) is 11.7 Å². The lowest BCUT2D eigenvalue weighted by Gasteiger charge is -2.28. The number of hydrogen-bond donors (Lipinski definition) is 5. The second-order valence-corrected chi connectivity index (χ2v) is 15.7. The Bertz CT molecular complexity index is 1870. The summed E-state index contributed by atoms with van der Waals surface area (Å²) in [6.45, 7) is 18.9. The molecule has 2 aromatic carbocycles. The van der Waals surface area contributed by atoms with Gasteiger partial charge in [0.05, 0.1) is 17.9 Å². The predicted octanol–water partition coefficient (Wildman–Crippen LogP) is 5.94. The number of fused-ring (bicyclic) bond motifs is 2. The number of aromatic amines is 1. The molecule has 0 spiro atoms. The molecule has 0 amide bonds. The van der Waals surface area contributed by atoms with Crippen LogP contribution in [0.25, 0.3) is 16.7 Å². The highest BCUT2D eigenvalue weighted by Crippen LogP contribution is 2.38. The van der Waals surface area contributed by atoms with Gasteiger partial charge in [0, 0.05) is 53.3 Å². The number of hydrogen-bond acceptors (Lipinski definition) is 7. The zero-order valence-electron chi connectivity index (χ0n) is 31.7. The van der Waals surface area contributed by atoms with Gasteiger partial charge in [-0.2, -0.15) is 4.98 Å². The quantitative estimate of drug-likeness (QED) is 0.0725. The van der Waals surface area contributed by atoms with E-state index in [1.54, 1.807) is 4.57 Å². The minimum Gasteiger partial charge on any atom is -0.492 e. The second-order valence-electron chi connectivity index (χ2n) is 15.7. The van der Waals surface area contributed by atoms with E-state index in [0.29, 0.717) is 25.2 Å². The standard InChI is InChI=1S/C22H31N7O.C18H27NO2/c1-14(25-10-5-11-26-20(23)24)15-6-8-17(9-7-15)29-13-16-12-18(22(2,3)4)27-19(16)28-21(29)30;1-12(19)6-5-7-13-10-14-16(20)8-9-21-17(14)15(11-13)18(2,3)4/h6-9,12-14,25H,5,10-11H2,1-4H3,(H4,23,24,26)(H,27,28,30);10-12H,5-9,19H2,1-4H3/t14-;12-/m00/s1. The van der Waals surface area contributed by atoms with Crippen molar-refractivity contribution >= 4 is 22.8 Å². The fraction of sp³-hybridized carbons (Fsp3) is 0.500. The molecule has 0 saturated carbocycles. The van der Waals surface area contributed by atoms with E-state index in [0.717, 1.165) is 71.4 Å². The number of ether oxygens (including phenoxy) is 1. The van der Waals surface area contributed by atoms with Gasteiger partial charge in [-0.15, -0.1) is 0 Å². The van der Waals surface area contributed by atoms with Crippen molar-refractivity contribution in [1.82, 2.24) is 19.9 Å². The number of H-pyrrole nitrogens is 1. The molecule has 0 aliphatic carbocycles. The van der Waals surface area contributed by atoms with E-state index in [1.165, 1.54) is 5.56 Å². The molecular formula is C40H58N8O3.